The first-order valence-corrected chi connectivity index (χ1v) is 9.29. The Balaban J connectivity index is 1.61. The van der Waals surface area contributed by atoms with Crippen molar-refractivity contribution in [2.24, 2.45) is 5.92 Å². The molecule has 0 spiro atoms. The molecule has 5 nitrogen and oxygen atoms in total. The van der Waals surface area contributed by atoms with Crippen LogP contribution < -0.4 is 10.2 Å². The number of piperidine rings is 1. The molecule has 3 rings (SSSR count). The van der Waals surface area contributed by atoms with E-state index in [1.165, 1.54) is 0 Å². The minimum absolute atomic E-state index is 0.0528. The van der Waals surface area contributed by atoms with Gasteiger partial charge in [-0.1, -0.05) is 6.92 Å². The number of benzene rings is 1. The van der Waals surface area contributed by atoms with Crippen LogP contribution in [0.15, 0.2) is 24.3 Å². The number of carbonyl (C=O) groups excluding carboxylic acids is 2. The first-order chi connectivity index (χ1) is 12.8. The number of halogens is 3. The standard InChI is InChI=1S/C19H24F3N3O2/c1-13-8-11-24(12-9-13)15-6-4-14(5-7-15)23-17(26)16-3-2-10-25(16)18(27)19(20,21)22/h4-7,13,16H,2-3,8-12H2,1H3,(H,23,26). The van der Waals surface area contributed by atoms with Crippen molar-refractivity contribution in [3.8, 4) is 0 Å². The Morgan fingerprint density at radius 1 is 1.04 bits per heavy atom. The molecular weight excluding hydrogens is 359 g/mol. The number of nitrogens with zero attached hydrogens (tertiary/aromatic N) is 2. The molecule has 0 aliphatic carbocycles. The molecule has 2 fully saturated rings. The Kier molecular flexibility index (Phi) is 5.62. The lowest BCUT2D eigenvalue weighted by Crippen LogP contribution is -2.48. The van der Waals surface area contributed by atoms with Gasteiger partial charge in [0.15, 0.2) is 0 Å². The second-order valence-electron chi connectivity index (χ2n) is 7.36. The summed E-state index contributed by atoms with van der Waals surface area (Å²) >= 11 is 0. The highest BCUT2D eigenvalue weighted by molar-refractivity contribution is 5.98. The van der Waals surface area contributed by atoms with Gasteiger partial charge in [-0.3, -0.25) is 9.59 Å². The van der Waals surface area contributed by atoms with Crippen LogP contribution in [0.1, 0.15) is 32.6 Å². The van der Waals surface area contributed by atoms with Gasteiger partial charge in [-0.2, -0.15) is 13.2 Å². The van der Waals surface area contributed by atoms with E-state index in [2.05, 4.69) is 17.1 Å². The highest BCUT2D eigenvalue weighted by Crippen LogP contribution is 2.27. The Morgan fingerprint density at radius 3 is 2.26 bits per heavy atom. The highest BCUT2D eigenvalue weighted by atomic mass is 19.4. The number of carbonyl (C=O) groups is 2. The lowest BCUT2D eigenvalue weighted by molar-refractivity contribution is -0.186. The van der Waals surface area contributed by atoms with E-state index >= 15 is 0 Å². The molecule has 2 aliphatic heterocycles. The number of hydrogen-bond acceptors (Lipinski definition) is 3. The maximum atomic E-state index is 12.7. The van der Waals surface area contributed by atoms with Crippen molar-refractivity contribution in [3.63, 3.8) is 0 Å². The van der Waals surface area contributed by atoms with Crippen LogP contribution in [0.25, 0.3) is 0 Å². The van der Waals surface area contributed by atoms with Crippen LogP contribution in [0.4, 0.5) is 24.5 Å². The molecular formula is C19H24F3N3O2. The van der Waals surface area contributed by atoms with Gasteiger partial charge in [0, 0.05) is 31.0 Å². The van der Waals surface area contributed by atoms with E-state index in [1.54, 1.807) is 12.1 Å². The SMILES string of the molecule is CC1CCN(c2ccc(NC(=O)C3CCCN3C(=O)C(F)(F)F)cc2)CC1. The predicted molar refractivity (Wildman–Crippen MR) is 96.5 cm³/mol. The van der Waals surface area contributed by atoms with Crippen molar-refractivity contribution in [2.45, 2.75) is 44.8 Å². The number of amides is 2. The van der Waals surface area contributed by atoms with Crippen LogP contribution in [0.5, 0.6) is 0 Å². The van der Waals surface area contributed by atoms with Crippen LogP contribution >= 0.6 is 0 Å². The van der Waals surface area contributed by atoms with Crippen molar-refractivity contribution in [3.05, 3.63) is 24.3 Å². The molecule has 1 atom stereocenters. The van der Waals surface area contributed by atoms with E-state index in [0.29, 0.717) is 17.0 Å². The fraction of sp³-hybridized carbons (Fsp3) is 0.579. The van der Waals surface area contributed by atoms with E-state index in [9.17, 15) is 22.8 Å². The number of nitrogens with one attached hydrogen (secondary N) is 1. The van der Waals surface area contributed by atoms with E-state index in [1.807, 2.05) is 12.1 Å². The van der Waals surface area contributed by atoms with E-state index in [4.69, 9.17) is 0 Å². The zero-order chi connectivity index (χ0) is 19.6. The molecule has 8 heteroatoms. The predicted octanol–water partition coefficient (Wildman–Crippen LogP) is 3.41. The first-order valence-electron chi connectivity index (χ1n) is 9.29. The summed E-state index contributed by atoms with van der Waals surface area (Å²) in [7, 11) is 0. The number of anilines is 2. The van der Waals surface area contributed by atoms with Gasteiger partial charge in [0.2, 0.25) is 5.91 Å². The summed E-state index contributed by atoms with van der Waals surface area (Å²) in [5.41, 5.74) is 1.58. The Morgan fingerprint density at radius 2 is 1.67 bits per heavy atom. The topological polar surface area (TPSA) is 52.7 Å². The zero-order valence-corrected chi connectivity index (χ0v) is 15.3. The summed E-state index contributed by atoms with van der Waals surface area (Å²) in [5.74, 6) is -1.80. The van der Waals surface area contributed by atoms with Gasteiger partial charge in [0.05, 0.1) is 0 Å². The summed E-state index contributed by atoms with van der Waals surface area (Å²) in [4.78, 5) is 26.8. The second-order valence-corrected chi connectivity index (χ2v) is 7.36. The van der Waals surface area contributed by atoms with Crippen molar-refractivity contribution in [2.75, 3.05) is 29.9 Å². The second kappa shape index (κ2) is 7.78. The molecule has 1 aromatic rings. The average Bonchev–Trinajstić information content (AvgIpc) is 3.11. The van der Waals surface area contributed by atoms with Crippen molar-refractivity contribution >= 4 is 23.2 Å². The van der Waals surface area contributed by atoms with Crippen LogP contribution in [0, 0.1) is 5.92 Å². The van der Waals surface area contributed by atoms with Gasteiger partial charge in [-0.25, -0.2) is 0 Å². The molecule has 2 amide bonds. The lowest BCUT2D eigenvalue weighted by atomic mass is 9.99. The normalized spacial score (nSPS) is 21.4. The summed E-state index contributed by atoms with van der Waals surface area (Å²) in [6.45, 7) is 4.17. The quantitative estimate of drug-likeness (QED) is 0.870. The molecule has 27 heavy (non-hydrogen) atoms. The largest absolute Gasteiger partial charge is 0.471 e. The third-order valence-electron chi connectivity index (χ3n) is 5.34. The van der Waals surface area contributed by atoms with Crippen LogP contribution in [0.3, 0.4) is 0 Å². The third-order valence-corrected chi connectivity index (χ3v) is 5.34. The van der Waals surface area contributed by atoms with Crippen LogP contribution in [-0.4, -0.2) is 48.6 Å². The molecule has 2 aliphatic rings. The summed E-state index contributed by atoms with van der Waals surface area (Å²) < 4.78 is 38.0. The first kappa shape index (κ1) is 19.5. The van der Waals surface area contributed by atoms with Crippen LogP contribution in [0.2, 0.25) is 0 Å². The summed E-state index contributed by atoms with van der Waals surface area (Å²) in [6.07, 6.45) is -2.06. The Bertz CT molecular complexity index is 682. The molecule has 1 aromatic carbocycles. The molecule has 0 saturated carbocycles. The van der Waals surface area contributed by atoms with E-state index in [-0.39, 0.29) is 13.0 Å². The Labute approximate surface area is 156 Å². The fourth-order valence-corrected chi connectivity index (χ4v) is 3.69. The molecule has 2 saturated heterocycles. The van der Waals surface area contributed by atoms with Crippen molar-refractivity contribution in [1.82, 2.24) is 4.90 Å². The number of likely N-dealkylation sites (tertiary alicyclic amines) is 1. The number of hydrogen-bond donors (Lipinski definition) is 1. The van der Waals surface area contributed by atoms with Crippen molar-refractivity contribution < 1.29 is 22.8 Å². The molecule has 148 valence electrons. The smallest absolute Gasteiger partial charge is 0.372 e. The average molecular weight is 383 g/mol. The van der Waals surface area contributed by atoms with Gasteiger partial charge in [-0.15, -0.1) is 0 Å². The molecule has 0 aromatic heterocycles. The molecule has 2 heterocycles. The van der Waals surface area contributed by atoms with Gasteiger partial charge in [0.1, 0.15) is 6.04 Å². The maximum Gasteiger partial charge on any atom is 0.471 e. The maximum absolute atomic E-state index is 12.7. The summed E-state index contributed by atoms with van der Waals surface area (Å²) in [6, 6.07) is 6.21. The molecule has 1 unspecified atom stereocenters. The summed E-state index contributed by atoms with van der Waals surface area (Å²) in [5, 5.41) is 2.64. The minimum Gasteiger partial charge on any atom is -0.372 e. The van der Waals surface area contributed by atoms with E-state index in [0.717, 1.165) is 37.5 Å². The van der Waals surface area contributed by atoms with Gasteiger partial charge in [-0.05, 0) is 55.9 Å². The fourth-order valence-electron chi connectivity index (χ4n) is 3.69. The molecule has 0 bridgehead atoms. The Hall–Kier alpha value is -2.25. The molecule has 1 N–H and O–H groups in total. The van der Waals surface area contributed by atoms with Gasteiger partial charge < -0.3 is 15.1 Å². The van der Waals surface area contributed by atoms with Crippen LogP contribution in [-0.2, 0) is 9.59 Å². The minimum atomic E-state index is -4.96. The zero-order valence-electron chi connectivity index (χ0n) is 15.3. The van der Waals surface area contributed by atoms with E-state index < -0.39 is 24.0 Å². The highest BCUT2D eigenvalue weighted by Gasteiger charge is 2.47. The third kappa shape index (κ3) is 4.54. The van der Waals surface area contributed by atoms with Gasteiger partial charge in [0.25, 0.3) is 0 Å². The number of rotatable bonds is 3. The van der Waals surface area contributed by atoms with Gasteiger partial charge >= 0.3 is 12.1 Å². The number of alkyl halides is 3. The van der Waals surface area contributed by atoms with Crippen molar-refractivity contribution in [1.29, 1.82) is 0 Å². The monoisotopic (exact) mass is 383 g/mol. The molecule has 0 radical (unpaired) electrons. The lowest BCUT2D eigenvalue weighted by Gasteiger charge is -2.32.